The van der Waals surface area contributed by atoms with E-state index in [9.17, 15) is 14.0 Å². The molecular weight excluding hydrogens is 443 g/mol. The Kier molecular flexibility index (Phi) is 7.79. The van der Waals surface area contributed by atoms with Gasteiger partial charge in [-0.1, -0.05) is 23.1 Å². The van der Waals surface area contributed by atoms with Gasteiger partial charge < -0.3 is 20.1 Å². The van der Waals surface area contributed by atoms with Gasteiger partial charge >= 0.3 is 0 Å². The predicted octanol–water partition coefficient (Wildman–Crippen LogP) is 3.36. The first kappa shape index (κ1) is 22.5. The summed E-state index contributed by atoms with van der Waals surface area (Å²) in [4.78, 5) is 24.4. The Bertz CT molecular complexity index is 1060. The van der Waals surface area contributed by atoms with Gasteiger partial charge in [0.25, 0.3) is 5.91 Å². The Balaban J connectivity index is 1.49. The number of carbonyl (C=O) groups excluding carboxylic acids is 2. The van der Waals surface area contributed by atoms with Crippen molar-refractivity contribution in [1.82, 2.24) is 15.5 Å². The van der Waals surface area contributed by atoms with Crippen molar-refractivity contribution in [2.24, 2.45) is 0 Å². The van der Waals surface area contributed by atoms with Crippen molar-refractivity contribution in [1.29, 1.82) is 0 Å². The molecule has 2 aromatic carbocycles. The van der Waals surface area contributed by atoms with E-state index >= 15 is 0 Å². The molecule has 0 saturated carbocycles. The molecule has 11 heteroatoms. The number of nitrogens with zero attached hydrogens (tertiary/aromatic N) is 2. The van der Waals surface area contributed by atoms with Gasteiger partial charge in [0.05, 0.1) is 20.0 Å². The number of carbonyl (C=O) groups is 2. The number of hydrogen-bond acceptors (Lipinski definition) is 8. The number of halogens is 1. The van der Waals surface area contributed by atoms with Gasteiger partial charge in [0.2, 0.25) is 10.9 Å². The van der Waals surface area contributed by atoms with Gasteiger partial charge in [0.1, 0.15) is 17.3 Å². The van der Waals surface area contributed by atoms with Gasteiger partial charge in [-0.25, -0.2) is 4.39 Å². The number of anilines is 1. The third kappa shape index (κ3) is 6.40. The van der Waals surface area contributed by atoms with E-state index in [2.05, 4.69) is 20.8 Å². The normalized spacial score (nSPS) is 10.4. The molecule has 1 aromatic heterocycles. The third-order valence-corrected chi connectivity index (χ3v) is 6.05. The molecule has 8 nitrogen and oxygen atoms in total. The average Bonchev–Trinajstić information content (AvgIpc) is 3.27. The highest BCUT2D eigenvalue weighted by atomic mass is 32.2. The fraction of sp³-hybridized carbons (Fsp3) is 0.200. The number of ether oxygens (including phenoxy) is 2. The Hall–Kier alpha value is -3.18. The fourth-order valence-electron chi connectivity index (χ4n) is 2.47. The highest BCUT2D eigenvalue weighted by Gasteiger charge is 2.15. The van der Waals surface area contributed by atoms with Crippen LogP contribution >= 0.6 is 23.1 Å². The number of nitrogens with one attached hydrogen (secondary N) is 2. The van der Waals surface area contributed by atoms with Crippen LogP contribution in [0.3, 0.4) is 0 Å². The second kappa shape index (κ2) is 10.7. The maximum atomic E-state index is 12.9. The molecule has 0 fully saturated rings. The first-order chi connectivity index (χ1) is 15.0. The van der Waals surface area contributed by atoms with Crippen molar-refractivity contribution in [3.63, 3.8) is 0 Å². The Morgan fingerprint density at radius 2 is 1.87 bits per heavy atom. The summed E-state index contributed by atoms with van der Waals surface area (Å²) in [5, 5.41) is 13.3. The molecule has 0 atom stereocenters. The summed E-state index contributed by atoms with van der Waals surface area (Å²) in [6.45, 7) is 0.279. The van der Waals surface area contributed by atoms with Crippen LogP contribution in [0.15, 0.2) is 46.8 Å². The Morgan fingerprint density at radius 3 is 2.58 bits per heavy atom. The van der Waals surface area contributed by atoms with Crippen molar-refractivity contribution in [3.05, 3.63) is 58.9 Å². The third-order valence-electron chi connectivity index (χ3n) is 3.99. The summed E-state index contributed by atoms with van der Waals surface area (Å²) >= 11 is 2.24. The number of thioether (sulfide) groups is 1. The summed E-state index contributed by atoms with van der Waals surface area (Å²) in [6, 6.07) is 10.7. The second-order valence-electron chi connectivity index (χ2n) is 6.08. The lowest BCUT2D eigenvalue weighted by atomic mass is 10.2. The van der Waals surface area contributed by atoms with Crippen LogP contribution < -0.4 is 20.1 Å². The predicted molar refractivity (Wildman–Crippen MR) is 116 cm³/mol. The minimum atomic E-state index is -0.453. The second-order valence-corrected chi connectivity index (χ2v) is 8.28. The largest absolute Gasteiger partial charge is 0.497 e. The quantitative estimate of drug-likeness (QED) is 0.470. The zero-order valence-electron chi connectivity index (χ0n) is 16.7. The summed E-state index contributed by atoms with van der Waals surface area (Å²) in [6.07, 6.45) is 0. The van der Waals surface area contributed by atoms with E-state index < -0.39 is 11.7 Å². The van der Waals surface area contributed by atoms with E-state index in [4.69, 9.17) is 9.47 Å². The molecule has 3 rings (SSSR count). The highest BCUT2D eigenvalue weighted by molar-refractivity contribution is 8.01. The fourth-order valence-corrected chi connectivity index (χ4v) is 4.05. The van der Waals surface area contributed by atoms with E-state index in [1.54, 1.807) is 32.4 Å². The van der Waals surface area contributed by atoms with Gasteiger partial charge in [-0.15, -0.1) is 10.2 Å². The Labute approximate surface area is 186 Å². The van der Waals surface area contributed by atoms with E-state index in [0.29, 0.717) is 21.5 Å². The molecule has 2 N–H and O–H groups in total. The lowest BCUT2D eigenvalue weighted by molar-refractivity contribution is -0.118. The number of hydrogen-bond donors (Lipinski definition) is 2. The van der Waals surface area contributed by atoms with E-state index in [1.165, 1.54) is 36.0 Å². The molecular formula is C20H19FN4O4S2. The lowest BCUT2D eigenvalue weighted by Gasteiger charge is -2.11. The van der Waals surface area contributed by atoms with Gasteiger partial charge in [0, 0.05) is 17.8 Å². The number of amides is 2. The van der Waals surface area contributed by atoms with Crippen molar-refractivity contribution in [2.45, 2.75) is 10.9 Å². The standard InChI is InChI=1S/C20H19FN4O4S2/c1-28-15-7-8-16(29-2)12(9-15)10-22-17(26)11-30-20-25-24-19(31-20)18(27)23-14-5-3-13(21)4-6-14/h3-9H,10-11H2,1-2H3,(H,22,26)(H,23,27). The van der Waals surface area contributed by atoms with Crippen LogP contribution in [-0.4, -0.2) is 42.0 Å². The van der Waals surface area contributed by atoms with Crippen LogP contribution in [0.4, 0.5) is 10.1 Å². The summed E-state index contributed by atoms with van der Waals surface area (Å²) in [5.41, 5.74) is 1.24. The molecule has 2 amide bonds. The van der Waals surface area contributed by atoms with Gasteiger partial charge in [0.15, 0.2) is 4.34 Å². The van der Waals surface area contributed by atoms with E-state index in [-0.39, 0.29) is 23.2 Å². The van der Waals surface area contributed by atoms with Crippen LogP contribution in [-0.2, 0) is 11.3 Å². The number of aromatic nitrogens is 2. The molecule has 162 valence electrons. The maximum Gasteiger partial charge on any atom is 0.286 e. The molecule has 0 bridgehead atoms. The smallest absolute Gasteiger partial charge is 0.286 e. The molecule has 31 heavy (non-hydrogen) atoms. The van der Waals surface area contributed by atoms with E-state index in [0.717, 1.165) is 16.9 Å². The lowest BCUT2D eigenvalue weighted by Crippen LogP contribution is -2.24. The van der Waals surface area contributed by atoms with Gasteiger partial charge in [-0.3, -0.25) is 9.59 Å². The van der Waals surface area contributed by atoms with Crippen molar-refractivity contribution >= 4 is 40.6 Å². The first-order valence-corrected chi connectivity index (χ1v) is 10.8. The zero-order chi connectivity index (χ0) is 22.2. The van der Waals surface area contributed by atoms with Gasteiger partial charge in [-0.05, 0) is 42.5 Å². The first-order valence-electron chi connectivity index (χ1n) is 8.99. The van der Waals surface area contributed by atoms with Crippen LogP contribution in [0.2, 0.25) is 0 Å². The zero-order valence-corrected chi connectivity index (χ0v) is 18.3. The van der Waals surface area contributed by atoms with Crippen LogP contribution in [0.25, 0.3) is 0 Å². The number of benzene rings is 2. The SMILES string of the molecule is COc1ccc(OC)c(CNC(=O)CSc2nnc(C(=O)Nc3ccc(F)cc3)s2)c1. The molecule has 1 heterocycles. The van der Waals surface area contributed by atoms with E-state index in [1.807, 2.05) is 0 Å². The highest BCUT2D eigenvalue weighted by Crippen LogP contribution is 2.25. The number of methoxy groups -OCH3 is 2. The monoisotopic (exact) mass is 462 g/mol. The topological polar surface area (TPSA) is 102 Å². The molecule has 0 aliphatic heterocycles. The van der Waals surface area contributed by atoms with Crippen molar-refractivity contribution < 1.29 is 23.5 Å². The molecule has 0 aliphatic rings. The molecule has 0 radical (unpaired) electrons. The van der Waals surface area contributed by atoms with Crippen LogP contribution in [0, 0.1) is 5.82 Å². The van der Waals surface area contributed by atoms with Crippen LogP contribution in [0.5, 0.6) is 11.5 Å². The average molecular weight is 463 g/mol. The summed E-state index contributed by atoms with van der Waals surface area (Å²) in [5.74, 6) is 0.374. The van der Waals surface area contributed by atoms with Crippen molar-refractivity contribution in [2.75, 3.05) is 25.3 Å². The Morgan fingerprint density at radius 1 is 1.10 bits per heavy atom. The summed E-state index contributed by atoms with van der Waals surface area (Å²) < 4.78 is 23.9. The van der Waals surface area contributed by atoms with Crippen molar-refractivity contribution in [3.8, 4) is 11.5 Å². The number of rotatable bonds is 9. The summed E-state index contributed by atoms with van der Waals surface area (Å²) in [7, 11) is 3.12. The molecule has 0 saturated heterocycles. The molecule has 0 spiro atoms. The molecule has 3 aromatic rings. The maximum absolute atomic E-state index is 12.9. The van der Waals surface area contributed by atoms with Crippen LogP contribution in [0.1, 0.15) is 15.4 Å². The molecule has 0 unspecified atom stereocenters. The van der Waals surface area contributed by atoms with Gasteiger partial charge in [-0.2, -0.15) is 0 Å². The minimum absolute atomic E-state index is 0.112. The molecule has 0 aliphatic carbocycles. The minimum Gasteiger partial charge on any atom is -0.497 e.